The van der Waals surface area contributed by atoms with Gasteiger partial charge in [-0.15, -0.1) is 11.3 Å². The highest BCUT2D eigenvalue weighted by Gasteiger charge is 2.28. The van der Waals surface area contributed by atoms with Crippen LogP contribution in [0.4, 0.5) is 21.5 Å². The predicted octanol–water partition coefficient (Wildman–Crippen LogP) is 3.35. The van der Waals surface area contributed by atoms with Crippen LogP contribution in [0.3, 0.4) is 0 Å². The number of thiophene rings is 1. The zero-order valence-electron chi connectivity index (χ0n) is 16.4. The highest BCUT2D eigenvalue weighted by Crippen LogP contribution is 2.34. The number of carbonyl (C=O) groups excluding carboxylic acids is 1. The molecule has 0 spiro atoms. The van der Waals surface area contributed by atoms with Crippen LogP contribution in [0.5, 0.6) is 0 Å². The van der Waals surface area contributed by atoms with Crippen molar-refractivity contribution in [1.29, 1.82) is 0 Å². The average Bonchev–Trinajstić information content (AvgIpc) is 3.46. The van der Waals surface area contributed by atoms with Gasteiger partial charge in [0, 0.05) is 39.3 Å². The molecule has 160 valence electrons. The molecule has 1 amide bonds. The van der Waals surface area contributed by atoms with Gasteiger partial charge >= 0.3 is 0 Å². The third kappa shape index (κ3) is 4.39. The second-order valence-electron chi connectivity index (χ2n) is 7.35. The smallest absolute Gasteiger partial charge is 0.295 e. The molecule has 2 aliphatic rings. The Morgan fingerprint density at radius 3 is 2.77 bits per heavy atom. The number of carbonyl (C=O) groups is 1. The van der Waals surface area contributed by atoms with Gasteiger partial charge in [0.05, 0.1) is 27.7 Å². The molecule has 8 nitrogen and oxygen atoms in total. The number of nitro benzene ring substituents is 1. The molecule has 1 aromatic heterocycles. The molecule has 3 heterocycles. The highest BCUT2D eigenvalue weighted by atomic mass is 32.1. The van der Waals surface area contributed by atoms with Gasteiger partial charge < -0.3 is 19.9 Å². The van der Waals surface area contributed by atoms with Crippen molar-refractivity contribution in [2.75, 3.05) is 49.5 Å². The third-order valence-corrected chi connectivity index (χ3v) is 6.30. The lowest BCUT2D eigenvalue weighted by Gasteiger charge is -2.35. The van der Waals surface area contributed by atoms with E-state index in [1.54, 1.807) is 11.0 Å². The number of amides is 1. The standard InChI is InChI=1S/C20H23FN4O4S/c21-15-11-18(25(27)28)17(12-16(15)22-13-14-3-1-9-29-14)23-5-7-24(8-6-23)20(26)19-4-2-10-30-19/h2,4,10-12,14,22H,1,3,5-9,13H2. The van der Waals surface area contributed by atoms with Gasteiger partial charge in [-0.3, -0.25) is 14.9 Å². The molecule has 2 fully saturated rings. The molecule has 1 atom stereocenters. The molecular formula is C20H23FN4O4S. The molecule has 0 saturated carbocycles. The molecule has 4 rings (SSSR count). The average molecular weight is 434 g/mol. The van der Waals surface area contributed by atoms with Gasteiger partial charge in [0.15, 0.2) is 5.82 Å². The summed E-state index contributed by atoms with van der Waals surface area (Å²) >= 11 is 1.39. The SMILES string of the molecule is O=C(c1cccs1)N1CCN(c2cc(NCC3CCCO3)c(F)cc2[N+](=O)[O-])CC1. The molecule has 0 bridgehead atoms. The first-order valence-electron chi connectivity index (χ1n) is 9.94. The number of nitro groups is 1. The zero-order valence-corrected chi connectivity index (χ0v) is 17.2. The summed E-state index contributed by atoms with van der Waals surface area (Å²) in [5.74, 6) is -0.688. The number of hydrogen-bond acceptors (Lipinski definition) is 7. The van der Waals surface area contributed by atoms with Crippen molar-refractivity contribution in [3.63, 3.8) is 0 Å². The molecular weight excluding hydrogens is 411 g/mol. The van der Waals surface area contributed by atoms with Gasteiger partial charge in [0.1, 0.15) is 5.69 Å². The molecule has 2 saturated heterocycles. The topological polar surface area (TPSA) is 88.0 Å². The summed E-state index contributed by atoms with van der Waals surface area (Å²) in [5, 5.41) is 16.4. The van der Waals surface area contributed by atoms with Crippen molar-refractivity contribution in [2.24, 2.45) is 0 Å². The fraction of sp³-hybridized carbons (Fsp3) is 0.450. The summed E-state index contributed by atoms with van der Waals surface area (Å²) in [7, 11) is 0. The molecule has 30 heavy (non-hydrogen) atoms. The number of piperazine rings is 1. The lowest BCUT2D eigenvalue weighted by molar-refractivity contribution is -0.384. The van der Waals surface area contributed by atoms with Gasteiger partial charge in [-0.2, -0.15) is 0 Å². The fourth-order valence-electron chi connectivity index (χ4n) is 3.82. The lowest BCUT2D eigenvalue weighted by Crippen LogP contribution is -2.48. The Kier molecular flexibility index (Phi) is 6.14. The van der Waals surface area contributed by atoms with Crippen LogP contribution in [-0.2, 0) is 4.74 Å². The zero-order chi connectivity index (χ0) is 21.1. The number of nitrogens with one attached hydrogen (secondary N) is 1. The summed E-state index contributed by atoms with van der Waals surface area (Å²) in [6.45, 7) is 2.93. The summed E-state index contributed by atoms with van der Waals surface area (Å²) in [6.07, 6.45) is 1.92. The highest BCUT2D eigenvalue weighted by molar-refractivity contribution is 7.12. The van der Waals surface area contributed by atoms with Gasteiger partial charge in [0.25, 0.3) is 11.6 Å². The summed E-state index contributed by atoms with van der Waals surface area (Å²) < 4.78 is 20.0. The third-order valence-electron chi connectivity index (χ3n) is 5.44. The maximum atomic E-state index is 14.5. The molecule has 2 aliphatic heterocycles. The fourth-order valence-corrected chi connectivity index (χ4v) is 4.51. The lowest BCUT2D eigenvalue weighted by atomic mass is 10.1. The van der Waals surface area contributed by atoms with E-state index in [1.165, 1.54) is 17.4 Å². The molecule has 2 aromatic rings. The van der Waals surface area contributed by atoms with Crippen LogP contribution >= 0.6 is 11.3 Å². The van der Waals surface area contributed by atoms with E-state index in [2.05, 4.69) is 5.32 Å². The van der Waals surface area contributed by atoms with Crippen molar-refractivity contribution in [3.05, 3.63) is 50.5 Å². The van der Waals surface area contributed by atoms with Crippen molar-refractivity contribution in [1.82, 2.24) is 4.90 Å². The summed E-state index contributed by atoms with van der Waals surface area (Å²) in [6, 6.07) is 6.09. The monoisotopic (exact) mass is 434 g/mol. The van der Waals surface area contributed by atoms with E-state index in [0.29, 0.717) is 49.9 Å². The van der Waals surface area contributed by atoms with E-state index < -0.39 is 10.7 Å². The minimum atomic E-state index is -0.657. The van der Waals surface area contributed by atoms with Crippen molar-refractivity contribution in [3.8, 4) is 0 Å². The minimum absolute atomic E-state index is 0.0230. The molecule has 1 unspecified atom stereocenters. The van der Waals surface area contributed by atoms with Gasteiger partial charge in [0.2, 0.25) is 0 Å². The van der Waals surface area contributed by atoms with Crippen LogP contribution in [0.1, 0.15) is 22.5 Å². The Morgan fingerprint density at radius 1 is 1.33 bits per heavy atom. The van der Waals surface area contributed by atoms with Crippen molar-refractivity contribution >= 4 is 34.3 Å². The van der Waals surface area contributed by atoms with E-state index in [4.69, 9.17) is 4.74 Å². The molecule has 10 heteroatoms. The van der Waals surface area contributed by atoms with E-state index in [9.17, 15) is 19.3 Å². The van der Waals surface area contributed by atoms with Crippen LogP contribution < -0.4 is 10.2 Å². The van der Waals surface area contributed by atoms with Gasteiger partial charge in [-0.1, -0.05) is 6.07 Å². The Balaban J connectivity index is 1.48. The Morgan fingerprint density at radius 2 is 2.13 bits per heavy atom. The number of benzene rings is 1. The number of ether oxygens (including phenoxy) is 1. The first-order valence-corrected chi connectivity index (χ1v) is 10.8. The van der Waals surface area contributed by atoms with Crippen LogP contribution in [0, 0.1) is 15.9 Å². The van der Waals surface area contributed by atoms with Gasteiger partial charge in [-0.25, -0.2) is 4.39 Å². The number of hydrogen-bond donors (Lipinski definition) is 1. The number of rotatable bonds is 6. The second-order valence-corrected chi connectivity index (χ2v) is 8.30. The van der Waals surface area contributed by atoms with Crippen molar-refractivity contribution in [2.45, 2.75) is 18.9 Å². The Hall–Kier alpha value is -2.72. The molecule has 1 N–H and O–H groups in total. The quantitative estimate of drug-likeness (QED) is 0.554. The van der Waals surface area contributed by atoms with E-state index in [0.717, 1.165) is 18.9 Å². The number of anilines is 2. The van der Waals surface area contributed by atoms with Crippen LogP contribution in [0.2, 0.25) is 0 Å². The van der Waals surface area contributed by atoms with E-state index in [-0.39, 0.29) is 23.4 Å². The normalized spacial score (nSPS) is 19.2. The number of halogens is 1. The Labute approximate surface area is 177 Å². The molecule has 0 aliphatic carbocycles. The van der Waals surface area contributed by atoms with E-state index in [1.807, 2.05) is 16.3 Å². The summed E-state index contributed by atoms with van der Waals surface area (Å²) in [5.41, 5.74) is 0.316. The molecule has 0 radical (unpaired) electrons. The number of nitrogens with zero attached hydrogens (tertiary/aromatic N) is 3. The maximum Gasteiger partial charge on any atom is 0.295 e. The molecule has 1 aromatic carbocycles. The van der Waals surface area contributed by atoms with Crippen LogP contribution in [0.15, 0.2) is 29.6 Å². The van der Waals surface area contributed by atoms with Gasteiger partial charge in [-0.05, 0) is 30.4 Å². The first-order chi connectivity index (χ1) is 14.5. The van der Waals surface area contributed by atoms with E-state index >= 15 is 0 Å². The minimum Gasteiger partial charge on any atom is -0.380 e. The van der Waals surface area contributed by atoms with Crippen LogP contribution in [0.25, 0.3) is 0 Å². The largest absolute Gasteiger partial charge is 0.380 e. The predicted molar refractivity (Wildman–Crippen MR) is 113 cm³/mol. The Bertz CT molecular complexity index is 910. The summed E-state index contributed by atoms with van der Waals surface area (Å²) in [4.78, 5) is 27.8. The van der Waals surface area contributed by atoms with Crippen molar-refractivity contribution < 1.29 is 18.8 Å². The second kappa shape index (κ2) is 8.97. The van der Waals surface area contributed by atoms with Crippen LogP contribution in [-0.4, -0.2) is 61.2 Å². The first kappa shape index (κ1) is 20.5. The maximum absolute atomic E-state index is 14.5.